The van der Waals surface area contributed by atoms with Crippen LogP contribution in [0.1, 0.15) is 11.6 Å². The van der Waals surface area contributed by atoms with E-state index in [1.54, 1.807) is 0 Å². The maximum atomic E-state index is 12.2. The highest BCUT2D eigenvalue weighted by Gasteiger charge is 2.38. The Balaban J connectivity index is 2.30. The smallest absolute Gasteiger partial charge is 0.390 e. The van der Waals surface area contributed by atoms with E-state index in [0.29, 0.717) is 5.69 Å². The van der Waals surface area contributed by atoms with E-state index in [-0.39, 0.29) is 18.0 Å². The summed E-state index contributed by atoms with van der Waals surface area (Å²) in [5.41, 5.74) is 0.676. The summed E-state index contributed by atoms with van der Waals surface area (Å²) in [4.78, 5) is 6.99. The zero-order chi connectivity index (χ0) is 12.5. The number of aliphatic hydroxyl groups is 1. The van der Waals surface area contributed by atoms with Gasteiger partial charge in [0.1, 0.15) is 0 Å². The molecule has 2 aromatic heterocycles. The van der Waals surface area contributed by atoms with Crippen molar-refractivity contribution in [3.63, 3.8) is 0 Å². The zero-order valence-electron chi connectivity index (χ0n) is 8.27. The summed E-state index contributed by atoms with van der Waals surface area (Å²) in [6, 6.07) is 2.91. The molecule has 0 radical (unpaired) electrons. The fourth-order valence-electron chi connectivity index (χ4n) is 1.11. The molecule has 0 aromatic carbocycles. The van der Waals surface area contributed by atoms with Crippen LogP contribution in [0.5, 0.6) is 0 Å². The van der Waals surface area contributed by atoms with Gasteiger partial charge in [-0.15, -0.1) is 0 Å². The molecule has 0 atom stereocenters. The Kier molecular flexibility index (Phi) is 2.80. The van der Waals surface area contributed by atoms with Gasteiger partial charge in [0.2, 0.25) is 5.82 Å². The Bertz CT molecular complexity index is 507. The zero-order valence-corrected chi connectivity index (χ0v) is 8.27. The van der Waals surface area contributed by atoms with Gasteiger partial charge in [-0.1, -0.05) is 5.16 Å². The second-order valence-corrected chi connectivity index (χ2v) is 3.12. The predicted molar refractivity (Wildman–Crippen MR) is 48.5 cm³/mol. The molecule has 0 amide bonds. The number of aromatic nitrogens is 3. The lowest BCUT2D eigenvalue weighted by atomic mass is 10.2. The third-order valence-corrected chi connectivity index (χ3v) is 1.91. The molecule has 17 heavy (non-hydrogen) atoms. The molecule has 5 nitrogen and oxygen atoms in total. The van der Waals surface area contributed by atoms with Gasteiger partial charge in [-0.05, 0) is 12.1 Å². The fraction of sp³-hybridized carbons (Fsp3) is 0.222. The van der Waals surface area contributed by atoms with Gasteiger partial charge in [0.15, 0.2) is 0 Å². The minimum atomic E-state index is -4.66. The lowest BCUT2D eigenvalue weighted by molar-refractivity contribution is -0.159. The first-order chi connectivity index (χ1) is 8.00. The van der Waals surface area contributed by atoms with Crippen molar-refractivity contribution in [2.45, 2.75) is 12.8 Å². The van der Waals surface area contributed by atoms with Crippen LogP contribution in [0.25, 0.3) is 11.4 Å². The quantitative estimate of drug-likeness (QED) is 0.870. The van der Waals surface area contributed by atoms with Crippen LogP contribution in [0.3, 0.4) is 0 Å². The molecule has 0 aliphatic carbocycles. The topological polar surface area (TPSA) is 72.0 Å². The third-order valence-electron chi connectivity index (χ3n) is 1.91. The molecule has 2 aromatic rings. The van der Waals surface area contributed by atoms with E-state index in [4.69, 9.17) is 5.11 Å². The Morgan fingerprint density at radius 1 is 1.29 bits per heavy atom. The van der Waals surface area contributed by atoms with Crippen LogP contribution in [0.15, 0.2) is 22.9 Å². The maximum Gasteiger partial charge on any atom is 0.471 e. The molecule has 2 rings (SSSR count). The number of pyridine rings is 1. The maximum absolute atomic E-state index is 12.2. The van der Waals surface area contributed by atoms with Crippen molar-refractivity contribution in [2.24, 2.45) is 0 Å². The third kappa shape index (κ3) is 2.41. The normalized spacial score (nSPS) is 11.8. The van der Waals surface area contributed by atoms with Crippen LogP contribution in [0, 0.1) is 0 Å². The molecule has 0 fully saturated rings. The van der Waals surface area contributed by atoms with Crippen molar-refractivity contribution in [1.82, 2.24) is 15.1 Å². The Morgan fingerprint density at radius 2 is 2.06 bits per heavy atom. The minimum Gasteiger partial charge on any atom is -0.390 e. The summed E-state index contributed by atoms with van der Waals surface area (Å²) < 4.78 is 40.6. The van der Waals surface area contributed by atoms with Crippen LogP contribution >= 0.6 is 0 Å². The second-order valence-electron chi connectivity index (χ2n) is 3.12. The van der Waals surface area contributed by atoms with E-state index in [9.17, 15) is 13.2 Å². The SMILES string of the molecule is OCc1ccc(-c2noc(C(F)(F)F)n2)cn1. The molecule has 0 saturated carbocycles. The molecule has 0 aliphatic heterocycles. The lowest BCUT2D eigenvalue weighted by Crippen LogP contribution is -2.04. The average molecular weight is 245 g/mol. The summed E-state index contributed by atoms with van der Waals surface area (Å²) in [7, 11) is 0. The van der Waals surface area contributed by atoms with Crippen molar-refractivity contribution in [3.05, 3.63) is 29.9 Å². The van der Waals surface area contributed by atoms with Crippen molar-refractivity contribution in [2.75, 3.05) is 0 Å². The first kappa shape index (κ1) is 11.5. The number of alkyl halides is 3. The van der Waals surface area contributed by atoms with E-state index >= 15 is 0 Å². The molecule has 2 heterocycles. The van der Waals surface area contributed by atoms with Crippen LogP contribution in [-0.2, 0) is 12.8 Å². The van der Waals surface area contributed by atoms with Gasteiger partial charge in [-0.3, -0.25) is 4.98 Å². The molecular weight excluding hydrogens is 239 g/mol. The standard InChI is InChI=1S/C9H6F3N3O2/c10-9(11,12)8-14-7(15-17-8)5-1-2-6(4-16)13-3-5/h1-3,16H,4H2. The van der Waals surface area contributed by atoms with E-state index in [1.807, 2.05) is 0 Å². The molecule has 1 N–H and O–H groups in total. The first-order valence-corrected chi connectivity index (χ1v) is 4.48. The van der Waals surface area contributed by atoms with Crippen molar-refractivity contribution >= 4 is 0 Å². The summed E-state index contributed by atoms with van der Waals surface area (Å²) in [6.45, 7) is -0.250. The van der Waals surface area contributed by atoms with Crippen LogP contribution < -0.4 is 0 Å². The van der Waals surface area contributed by atoms with Crippen LogP contribution in [0.2, 0.25) is 0 Å². The summed E-state index contributed by atoms with van der Waals surface area (Å²) in [5.74, 6) is -1.60. The van der Waals surface area contributed by atoms with E-state index in [2.05, 4.69) is 19.6 Å². The highest BCUT2D eigenvalue weighted by Crippen LogP contribution is 2.29. The number of halogens is 3. The van der Waals surface area contributed by atoms with Gasteiger partial charge in [0, 0.05) is 11.8 Å². The van der Waals surface area contributed by atoms with Crippen molar-refractivity contribution in [3.8, 4) is 11.4 Å². The Morgan fingerprint density at radius 3 is 2.53 bits per heavy atom. The van der Waals surface area contributed by atoms with Gasteiger partial charge in [0.25, 0.3) is 0 Å². The molecule has 0 spiro atoms. The summed E-state index contributed by atoms with van der Waals surface area (Å²) in [6.07, 6.45) is -3.40. The van der Waals surface area contributed by atoms with E-state index in [1.165, 1.54) is 18.3 Å². The number of hydrogen-bond donors (Lipinski definition) is 1. The molecule has 0 aliphatic rings. The first-order valence-electron chi connectivity index (χ1n) is 4.48. The van der Waals surface area contributed by atoms with E-state index in [0.717, 1.165) is 0 Å². The van der Waals surface area contributed by atoms with Gasteiger partial charge in [-0.2, -0.15) is 18.2 Å². The van der Waals surface area contributed by atoms with Crippen molar-refractivity contribution < 1.29 is 22.8 Å². The number of rotatable bonds is 2. The molecule has 0 bridgehead atoms. The molecule has 0 unspecified atom stereocenters. The van der Waals surface area contributed by atoms with Crippen molar-refractivity contribution in [1.29, 1.82) is 0 Å². The van der Waals surface area contributed by atoms with Gasteiger partial charge < -0.3 is 9.63 Å². The lowest BCUT2D eigenvalue weighted by Gasteiger charge is -1.97. The number of hydrogen-bond acceptors (Lipinski definition) is 5. The molecule has 0 saturated heterocycles. The molecule has 8 heteroatoms. The molecular formula is C9H6F3N3O2. The number of aliphatic hydroxyl groups excluding tert-OH is 1. The summed E-state index contributed by atoms with van der Waals surface area (Å²) in [5, 5.41) is 11.9. The second kappa shape index (κ2) is 4.13. The molecule has 90 valence electrons. The largest absolute Gasteiger partial charge is 0.471 e. The Hall–Kier alpha value is -1.96. The highest BCUT2D eigenvalue weighted by atomic mass is 19.4. The van der Waals surface area contributed by atoms with Crippen LogP contribution in [-0.4, -0.2) is 20.2 Å². The van der Waals surface area contributed by atoms with Gasteiger partial charge in [-0.25, -0.2) is 0 Å². The monoisotopic (exact) mass is 245 g/mol. The van der Waals surface area contributed by atoms with Gasteiger partial charge >= 0.3 is 12.1 Å². The van der Waals surface area contributed by atoms with E-state index < -0.39 is 12.1 Å². The number of nitrogens with zero attached hydrogens (tertiary/aromatic N) is 3. The highest BCUT2D eigenvalue weighted by molar-refractivity contribution is 5.52. The Labute approximate surface area is 92.9 Å². The average Bonchev–Trinajstić information content (AvgIpc) is 2.78. The fourth-order valence-corrected chi connectivity index (χ4v) is 1.11. The predicted octanol–water partition coefficient (Wildman–Crippen LogP) is 1.64. The minimum absolute atomic E-state index is 0.200. The van der Waals surface area contributed by atoms with Gasteiger partial charge in [0.05, 0.1) is 12.3 Å². The summed E-state index contributed by atoms with van der Waals surface area (Å²) >= 11 is 0. The van der Waals surface area contributed by atoms with Crippen LogP contribution in [0.4, 0.5) is 13.2 Å².